The first-order valence-electron chi connectivity index (χ1n) is 10.4. The number of carbonyl (C=O) groups is 1. The average Bonchev–Trinajstić information content (AvgIpc) is 2.59. The first-order valence-corrected chi connectivity index (χ1v) is 10.4. The minimum absolute atomic E-state index is 0.121. The van der Waals surface area contributed by atoms with Crippen LogP contribution >= 0.6 is 0 Å². The number of aryl methyl sites for hydroxylation is 1. The van der Waals surface area contributed by atoms with Crippen LogP contribution in [0.15, 0.2) is 12.1 Å². The van der Waals surface area contributed by atoms with E-state index in [4.69, 9.17) is 4.74 Å². The second-order valence-corrected chi connectivity index (χ2v) is 7.92. The Balaban J connectivity index is 2.47. The van der Waals surface area contributed by atoms with Crippen molar-refractivity contribution in [2.75, 3.05) is 6.61 Å². The molecule has 0 amide bonds. The Morgan fingerprint density at radius 3 is 2.04 bits per heavy atom. The molecule has 0 aliphatic heterocycles. The zero-order valence-electron chi connectivity index (χ0n) is 17.4. The molecule has 0 saturated carbocycles. The monoisotopic (exact) mass is 362 g/mol. The molecule has 1 rings (SSSR count). The fraction of sp³-hybridized carbons (Fsp3) is 0.696. The summed E-state index contributed by atoms with van der Waals surface area (Å²) in [6.45, 7) is 11.1. The molecule has 0 heterocycles. The number of carbonyl (C=O) groups excluding carboxylic acids is 1. The van der Waals surface area contributed by atoms with Gasteiger partial charge in [0.05, 0.1) is 6.61 Å². The average molecular weight is 363 g/mol. The van der Waals surface area contributed by atoms with Gasteiger partial charge < -0.3 is 9.84 Å². The summed E-state index contributed by atoms with van der Waals surface area (Å²) in [5.74, 6) is 0.799. The third-order valence-corrected chi connectivity index (χ3v) is 4.85. The summed E-state index contributed by atoms with van der Waals surface area (Å²) in [6.07, 6.45) is 8.22. The molecule has 0 saturated heterocycles. The molecule has 0 atom stereocenters. The maximum Gasteiger partial charge on any atom is 0.306 e. The second kappa shape index (κ2) is 12.0. The summed E-state index contributed by atoms with van der Waals surface area (Å²) >= 11 is 0. The van der Waals surface area contributed by atoms with E-state index in [1.165, 1.54) is 25.7 Å². The van der Waals surface area contributed by atoms with Gasteiger partial charge in [0.15, 0.2) is 0 Å². The van der Waals surface area contributed by atoms with E-state index in [9.17, 15) is 9.90 Å². The molecule has 0 spiro atoms. The second-order valence-electron chi connectivity index (χ2n) is 7.92. The molecular weight excluding hydrogens is 324 g/mol. The molecule has 0 fully saturated rings. The summed E-state index contributed by atoms with van der Waals surface area (Å²) < 4.78 is 5.36. The highest BCUT2D eigenvalue weighted by molar-refractivity contribution is 5.69. The lowest BCUT2D eigenvalue weighted by Crippen LogP contribution is -2.08. The van der Waals surface area contributed by atoms with Gasteiger partial charge in [-0.25, -0.2) is 0 Å². The SMILES string of the molecule is CCCCCCCCOC(=O)CCc1cc(C(C)C)c(O)c(C(C)C)c1. The van der Waals surface area contributed by atoms with Gasteiger partial charge in [-0.15, -0.1) is 0 Å². The number of hydrogen-bond donors (Lipinski definition) is 1. The van der Waals surface area contributed by atoms with E-state index in [-0.39, 0.29) is 17.8 Å². The number of phenols is 1. The number of ether oxygens (including phenoxy) is 1. The fourth-order valence-corrected chi connectivity index (χ4v) is 3.16. The highest BCUT2D eigenvalue weighted by atomic mass is 16.5. The lowest BCUT2D eigenvalue weighted by Gasteiger charge is -2.17. The largest absolute Gasteiger partial charge is 0.507 e. The third-order valence-electron chi connectivity index (χ3n) is 4.85. The first kappa shape index (κ1) is 22.5. The zero-order chi connectivity index (χ0) is 19.5. The molecule has 1 aromatic carbocycles. The van der Waals surface area contributed by atoms with Gasteiger partial charge in [-0.3, -0.25) is 4.79 Å². The van der Waals surface area contributed by atoms with Gasteiger partial charge in [-0.1, -0.05) is 78.9 Å². The van der Waals surface area contributed by atoms with Gasteiger partial charge in [-0.05, 0) is 41.4 Å². The Morgan fingerprint density at radius 2 is 1.50 bits per heavy atom. The number of aromatic hydroxyl groups is 1. The number of rotatable bonds is 12. The summed E-state index contributed by atoms with van der Waals surface area (Å²) in [6, 6.07) is 4.07. The lowest BCUT2D eigenvalue weighted by molar-refractivity contribution is -0.143. The molecule has 3 heteroatoms. The minimum atomic E-state index is -0.121. The van der Waals surface area contributed by atoms with E-state index in [0.29, 0.717) is 25.2 Å². The molecule has 0 aromatic heterocycles. The zero-order valence-corrected chi connectivity index (χ0v) is 17.4. The molecular formula is C23H38O3. The van der Waals surface area contributed by atoms with E-state index in [0.717, 1.165) is 29.5 Å². The van der Waals surface area contributed by atoms with Gasteiger partial charge in [-0.2, -0.15) is 0 Å². The Morgan fingerprint density at radius 1 is 0.962 bits per heavy atom. The standard InChI is InChI=1S/C23H38O3/c1-6-7-8-9-10-11-14-26-22(24)13-12-19-15-20(17(2)3)23(25)21(16-19)18(4)5/h15-18,25H,6-14H2,1-5H3. The van der Waals surface area contributed by atoms with E-state index in [1.54, 1.807) is 0 Å². The lowest BCUT2D eigenvalue weighted by atomic mass is 9.90. The van der Waals surface area contributed by atoms with Crippen molar-refractivity contribution in [3.8, 4) is 5.75 Å². The maximum atomic E-state index is 12.0. The smallest absolute Gasteiger partial charge is 0.306 e. The van der Waals surface area contributed by atoms with Crippen molar-refractivity contribution in [2.45, 2.75) is 97.8 Å². The number of phenolic OH excluding ortho intramolecular Hbond substituents is 1. The summed E-state index contributed by atoms with van der Waals surface area (Å²) in [5.41, 5.74) is 3.03. The Kier molecular flexibility index (Phi) is 10.4. The third kappa shape index (κ3) is 7.80. The van der Waals surface area contributed by atoms with Crippen LogP contribution in [0.3, 0.4) is 0 Å². The molecule has 0 aliphatic carbocycles. The summed E-state index contributed by atoms with van der Waals surface area (Å²) in [4.78, 5) is 12.0. The Labute approximate surface area is 160 Å². The van der Waals surface area contributed by atoms with E-state index in [2.05, 4.69) is 34.6 Å². The van der Waals surface area contributed by atoms with Crippen LogP contribution in [0, 0.1) is 0 Å². The summed E-state index contributed by atoms with van der Waals surface area (Å²) in [5, 5.41) is 10.5. The first-order chi connectivity index (χ1) is 12.4. The van der Waals surface area contributed by atoms with Crippen LogP contribution < -0.4 is 0 Å². The predicted molar refractivity (Wildman–Crippen MR) is 109 cm³/mol. The van der Waals surface area contributed by atoms with Gasteiger partial charge in [0.1, 0.15) is 5.75 Å². The quantitative estimate of drug-likeness (QED) is 0.342. The van der Waals surface area contributed by atoms with Crippen LogP contribution in [-0.4, -0.2) is 17.7 Å². The number of unbranched alkanes of at least 4 members (excludes halogenated alkanes) is 5. The van der Waals surface area contributed by atoms with Crippen LogP contribution in [0.2, 0.25) is 0 Å². The fourth-order valence-electron chi connectivity index (χ4n) is 3.16. The molecule has 0 radical (unpaired) electrons. The highest BCUT2D eigenvalue weighted by Crippen LogP contribution is 2.35. The topological polar surface area (TPSA) is 46.5 Å². The molecule has 0 unspecified atom stereocenters. The van der Waals surface area contributed by atoms with Gasteiger partial charge >= 0.3 is 5.97 Å². The van der Waals surface area contributed by atoms with Crippen LogP contribution in [0.1, 0.15) is 108 Å². The molecule has 0 bridgehead atoms. The number of esters is 1. The van der Waals surface area contributed by atoms with E-state index in [1.807, 2.05) is 12.1 Å². The molecule has 0 aliphatic rings. The number of benzene rings is 1. The van der Waals surface area contributed by atoms with Crippen LogP contribution in [0.25, 0.3) is 0 Å². The normalized spacial score (nSPS) is 11.3. The van der Waals surface area contributed by atoms with Crippen LogP contribution in [0.5, 0.6) is 5.75 Å². The molecule has 1 aromatic rings. The number of hydrogen-bond acceptors (Lipinski definition) is 3. The van der Waals surface area contributed by atoms with Crippen molar-refractivity contribution in [3.05, 3.63) is 28.8 Å². The van der Waals surface area contributed by atoms with E-state index >= 15 is 0 Å². The molecule has 148 valence electrons. The van der Waals surface area contributed by atoms with Crippen molar-refractivity contribution in [2.24, 2.45) is 0 Å². The molecule has 26 heavy (non-hydrogen) atoms. The van der Waals surface area contributed by atoms with Gasteiger partial charge in [0.25, 0.3) is 0 Å². The maximum absolute atomic E-state index is 12.0. The summed E-state index contributed by atoms with van der Waals surface area (Å²) in [7, 11) is 0. The predicted octanol–water partition coefficient (Wildman–Crippen LogP) is 6.48. The van der Waals surface area contributed by atoms with Crippen molar-refractivity contribution in [1.82, 2.24) is 0 Å². The highest BCUT2D eigenvalue weighted by Gasteiger charge is 2.15. The van der Waals surface area contributed by atoms with Crippen molar-refractivity contribution in [1.29, 1.82) is 0 Å². The molecule has 3 nitrogen and oxygen atoms in total. The Hall–Kier alpha value is -1.51. The van der Waals surface area contributed by atoms with Crippen LogP contribution in [0.4, 0.5) is 0 Å². The van der Waals surface area contributed by atoms with Crippen molar-refractivity contribution < 1.29 is 14.6 Å². The Bertz CT molecular complexity index is 517. The van der Waals surface area contributed by atoms with E-state index < -0.39 is 0 Å². The minimum Gasteiger partial charge on any atom is -0.507 e. The van der Waals surface area contributed by atoms with Crippen LogP contribution in [-0.2, 0) is 16.0 Å². The molecule has 1 N–H and O–H groups in total. The van der Waals surface area contributed by atoms with Crippen molar-refractivity contribution >= 4 is 5.97 Å². The van der Waals surface area contributed by atoms with Crippen molar-refractivity contribution in [3.63, 3.8) is 0 Å². The van der Waals surface area contributed by atoms with Gasteiger partial charge in [0, 0.05) is 6.42 Å². The van der Waals surface area contributed by atoms with Gasteiger partial charge in [0.2, 0.25) is 0 Å².